The highest BCUT2D eigenvalue weighted by atomic mass is 16.7. The smallest absolute Gasteiger partial charge is 0.245 e. The van der Waals surface area contributed by atoms with Crippen LogP contribution < -0.4 is 10.2 Å². The number of benzene rings is 1. The first-order chi connectivity index (χ1) is 10.6. The molecular formula is C16H18N2O4. The van der Waals surface area contributed by atoms with Crippen molar-refractivity contribution in [2.75, 3.05) is 19.8 Å². The molecule has 0 spiro atoms. The Hall–Kier alpha value is -2.36. The Bertz CT molecular complexity index is 586. The molecule has 2 rings (SSSR count). The van der Waals surface area contributed by atoms with Gasteiger partial charge in [0, 0.05) is 0 Å². The molecule has 0 aromatic heterocycles. The van der Waals surface area contributed by atoms with Crippen LogP contribution in [0.2, 0.25) is 0 Å². The summed E-state index contributed by atoms with van der Waals surface area (Å²) in [5, 5.41) is 3.90. The van der Waals surface area contributed by atoms with E-state index in [0.29, 0.717) is 19.0 Å². The molecule has 6 nitrogen and oxygen atoms in total. The van der Waals surface area contributed by atoms with Gasteiger partial charge in [-0.05, 0) is 24.6 Å². The minimum atomic E-state index is -0.859. The van der Waals surface area contributed by atoms with Gasteiger partial charge < -0.3 is 14.2 Å². The third-order valence-corrected chi connectivity index (χ3v) is 2.96. The van der Waals surface area contributed by atoms with Crippen molar-refractivity contribution in [3.05, 3.63) is 29.8 Å². The first kappa shape index (κ1) is 16.0. The van der Waals surface area contributed by atoms with E-state index in [4.69, 9.17) is 20.6 Å². The number of carbonyl (C=O) groups excluding carboxylic acids is 1. The summed E-state index contributed by atoms with van der Waals surface area (Å²) in [5.74, 6) is 1.91. The van der Waals surface area contributed by atoms with Crippen LogP contribution in [0.1, 0.15) is 18.9 Å². The zero-order valence-electron chi connectivity index (χ0n) is 12.4. The lowest BCUT2D eigenvalue weighted by atomic mass is 10.2. The van der Waals surface area contributed by atoms with Crippen molar-refractivity contribution in [3.63, 3.8) is 0 Å². The SMILES string of the molecule is C#CCOc1cccc(/C=N\NC(=O)CC2(C)OCCO2)c1. The van der Waals surface area contributed by atoms with Crippen LogP contribution in [0, 0.1) is 12.3 Å². The molecule has 1 N–H and O–H groups in total. The highest BCUT2D eigenvalue weighted by Gasteiger charge is 2.33. The van der Waals surface area contributed by atoms with E-state index in [-0.39, 0.29) is 18.9 Å². The zero-order valence-corrected chi connectivity index (χ0v) is 12.4. The summed E-state index contributed by atoms with van der Waals surface area (Å²) < 4.78 is 16.0. The highest BCUT2D eigenvalue weighted by Crippen LogP contribution is 2.22. The average molecular weight is 302 g/mol. The van der Waals surface area contributed by atoms with Crippen molar-refractivity contribution in [3.8, 4) is 18.1 Å². The van der Waals surface area contributed by atoms with Crippen LogP contribution in [0.25, 0.3) is 0 Å². The summed E-state index contributed by atoms with van der Waals surface area (Å²) >= 11 is 0. The number of hydrazone groups is 1. The molecule has 1 aromatic rings. The number of hydrogen-bond donors (Lipinski definition) is 1. The molecule has 1 amide bonds. The third kappa shape index (κ3) is 4.88. The Balaban J connectivity index is 1.84. The van der Waals surface area contributed by atoms with E-state index < -0.39 is 5.79 Å². The van der Waals surface area contributed by atoms with Gasteiger partial charge >= 0.3 is 0 Å². The Labute approximate surface area is 129 Å². The van der Waals surface area contributed by atoms with Crippen molar-refractivity contribution >= 4 is 12.1 Å². The molecule has 0 unspecified atom stereocenters. The van der Waals surface area contributed by atoms with Crippen LogP contribution >= 0.6 is 0 Å². The minimum Gasteiger partial charge on any atom is -0.481 e. The molecule has 0 atom stereocenters. The molecule has 1 aliphatic heterocycles. The second kappa shape index (κ2) is 7.59. The van der Waals surface area contributed by atoms with Gasteiger partial charge in [0.1, 0.15) is 12.4 Å². The lowest BCUT2D eigenvalue weighted by molar-refractivity contribution is -0.159. The number of carbonyl (C=O) groups is 1. The second-order valence-electron chi connectivity index (χ2n) is 4.87. The van der Waals surface area contributed by atoms with E-state index in [9.17, 15) is 4.79 Å². The quantitative estimate of drug-likeness (QED) is 0.488. The number of amides is 1. The van der Waals surface area contributed by atoms with Gasteiger partial charge in [-0.3, -0.25) is 4.79 Å². The fourth-order valence-corrected chi connectivity index (χ4v) is 1.98. The maximum atomic E-state index is 11.8. The molecule has 0 saturated carbocycles. The van der Waals surface area contributed by atoms with Gasteiger partial charge in [-0.15, -0.1) is 6.42 Å². The predicted octanol–water partition coefficient (Wildman–Crippen LogP) is 1.30. The second-order valence-corrected chi connectivity index (χ2v) is 4.87. The van der Waals surface area contributed by atoms with Crippen LogP contribution in [-0.4, -0.2) is 37.7 Å². The summed E-state index contributed by atoms with van der Waals surface area (Å²) in [6, 6.07) is 7.22. The molecule has 1 saturated heterocycles. The molecule has 1 heterocycles. The Morgan fingerprint density at radius 3 is 3.05 bits per heavy atom. The molecule has 6 heteroatoms. The zero-order chi connectivity index (χ0) is 15.8. The maximum absolute atomic E-state index is 11.8. The molecule has 1 fully saturated rings. The summed E-state index contributed by atoms with van der Waals surface area (Å²) in [6.45, 7) is 2.93. The van der Waals surface area contributed by atoms with Gasteiger partial charge in [0.15, 0.2) is 5.79 Å². The Morgan fingerprint density at radius 1 is 1.55 bits per heavy atom. The number of rotatable bonds is 6. The molecule has 116 valence electrons. The fourth-order valence-electron chi connectivity index (χ4n) is 1.98. The lowest BCUT2D eigenvalue weighted by Crippen LogP contribution is -2.33. The highest BCUT2D eigenvalue weighted by molar-refractivity contribution is 5.83. The first-order valence-electron chi connectivity index (χ1n) is 6.87. The third-order valence-electron chi connectivity index (χ3n) is 2.96. The number of hydrogen-bond acceptors (Lipinski definition) is 5. The van der Waals surface area contributed by atoms with Crippen molar-refractivity contribution in [1.29, 1.82) is 0 Å². The maximum Gasteiger partial charge on any atom is 0.245 e. The van der Waals surface area contributed by atoms with Crippen LogP contribution in [0.4, 0.5) is 0 Å². The standard InChI is InChI=1S/C16H18N2O4/c1-3-7-20-14-6-4-5-13(10-14)12-17-18-15(19)11-16(2)21-8-9-22-16/h1,4-6,10,12H,7-9,11H2,2H3,(H,18,19)/b17-12-. The number of nitrogens with one attached hydrogen (secondary N) is 1. The van der Waals surface area contributed by atoms with Gasteiger partial charge in [0.05, 0.1) is 25.8 Å². The van der Waals surface area contributed by atoms with Gasteiger partial charge in [0.2, 0.25) is 5.91 Å². The Morgan fingerprint density at radius 2 is 2.32 bits per heavy atom. The first-order valence-corrected chi connectivity index (χ1v) is 6.87. The van der Waals surface area contributed by atoms with Crippen molar-refractivity contribution in [1.82, 2.24) is 5.43 Å². The Kier molecular flexibility index (Phi) is 5.53. The monoisotopic (exact) mass is 302 g/mol. The summed E-state index contributed by atoms with van der Waals surface area (Å²) in [5.41, 5.74) is 3.23. The van der Waals surface area contributed by atoms with E-state index in [0.717, 1.165) is 5.56 Å². The number of nitrogens with zero attached hydrogens (tertiary/aromatic N) is 1. The normalized spacial score (nSPS) is 16.4. The van der Waals surface area contributed by atoms with E-state index in [2.05, 4.69) is 16.4 Å². The molecule has 0 radical (unpaired) electrons. The molecule has 1 aliphatic rings. The van der Waals surface area contributed by atoms with Gasteiger partial charge in [-0.1, -0.05) is 18.1 Å². The largest absolute Gasteiger partial charge is 0.481 e. The predicted molar refractivity (Wildman–Crippen MR) is 81.4 cm³/mol. The minimum absolute atomic E-state index is 0.0929. The molecular weight excluding hydrogens is 284 g/mol. The van der Waals surface area contributed by atoms with E-state index >= 15 is 0 Å². The van der Waals surface area contributed by atoms with Crippen molar-refractivity contribution in [2.45, 2.75) is 19.1 Å². The van der Waals surface area contributed by atoms with Crippen molar-refractivity contribution < 1.29 is 19.0 Å². The molecule has 1 aromatic carbocycles. The van der Waals surface area contributed by atoms with E-state index in [1.165, 1.54) is 6.21 Å². The van der Waals surface area contributed by atoms with E-state index in [1.54, 1.807) is 19.1 Å². The number of terminal acetylenes is 1. The van der Waals surface area contributed by atoms with Crippen LogP contribution in [0.15, 0.2) is 29.4 Å². The van der Waals surface area contributed by atoms with Crippen molar-refractivity contribution in [2.24, 2.45) is 5.10 Å². The lowest BCUT2D eigenvalue weighted by Gasteiger charge is -2.20. The molecule has 0 aliphatic carbocycles. The summed E-state index contributed by atoms with van der Waals surface area (Å²) in [6.07, 6.45) is 6.76. The molecule has 0 bridgehead atoms. The average Bonchev–Trinajstić information content (AvgIpc) is 2.91. The van der Waals surface area contributed by atoms with Crippen LogP contribution in [0.3, 0.4) is 0 Å². The molecule has 22 heavy (non-hydrogen) atoms. The van der Waals surface area contributed by atoms with E-state index in [1.807, 2.05) is 12.1 Å². The summed E-state index contributed by atoms with van der Waals surface area (Å²) in [4.78, 5) is 11.8. The van der Waals surface area contributed by atoms with Gasteiger partial charge in [0.25, 0.3) is 0 Å². The topological polar surface area (TPSA) is 69.2 Å². The van der Waals surface area contributed by atoms with Gasteiger partial charge in [-0.2, -0.15) is 5.10 Å². The fraction of sp³-hybridized carbons (Fsp3) is 0.375. The van der Waals surface area contributed by atoms with Crippen LogP contribution in [0.5, 0.6) is 5.75 Å². The van der Waals surface area contributed by atoms with Gasteiger partial charge in [-0.25, -0.2) is 5.43 Å². The number of ether oxygens (including phenoxy) is 3. The van der Waals surface area contributed by atoms with Crippen LogP contribution in [-0.2, 0) is 14.3 Å². The summed E-state index contributed by atoms with van der Waals surface area (Å²) in [7, 11) is 0.